The Hall–Kier alpha value is -0.610. The Morgan fingerprint density at radius 3 is 1.18 bits per heavy atom. The molecule has 4 heteroatoms. The number of carboxylic acids is 1. The molecule has 0 aliphatic heterocycles. The molecule has 0 atom stereocenters. The standard InChI is InChI=1S/C14H28O2.2C2H6O/c1-2-3-4-5-6-7-8-9-10-11-12-13-14(15)16;2*1-2-3/h2-13H2,1H3,(H,15,16);2*3H,2H2,1H3. The molecule has 0 spiro atoms. The van der Waals surface area contributed by atoms with Gasteiger partial charge in [-0.25, -0.2) is 0 Å². The van der Waals surface area contributed by atoms with Crippen molar-refractivity contribution in [2.45, 2.75) is 97.8 Å². The molecule has 0 radical (unpaired) electrons. The first kappa shape index (κ1) is 26.3. The molecule has 0 fully saturated rings. The van der Waals surface area contributed by atoms with E-state index in [1.165, 1.54) is 57.8 Å². The van der Waals surface area contributed by atoms with E-state index in [1.54, 1.807) is 13.8 Å². The zero-order valence-electron chi connectivity index (χ0n) is 15.1. The molecule has 0 rings (SSSR count). The van der Waals surface area contributed by atoms with Crippen molar-refractivity contribution in [3.63, 3.8) is 0 Å². The summed E-state index contributed by atoms with van der Waals surface area (Å²) in [6, 6.07) is 0. The molecule has 0 aliphatic rings. The van der Waals surface area contributed by atoms with Gasteiger partial charge in [0.25, 0.3) is 0 Å². The average Bonchev–Trinajstić information content (AvgIpc) is 2.46. The van der Waals surface area contributed by atoms with Crippen molar-refractivity contribution in [3.8, 4) is 0 Å². The van der Waals surface area contributed by atoms with Gasteiger partial charge in [0.15, 0.2) is 0 Å². The third kappa shape index (κ3) is 42.7. The van der Waals surface area contributed by atoms with Gasteiger partial charge in [0.2, 0.25) is 0 Å². The van der Waals surface area contributed by atoms with Crippen LogP contribution in [0, 0.1) is 0 Å². The van der Waals surface area contributed by atoms with E-state index in [1.807, 2.05) is 0 Å². The van der Waals surface area contributed by atoms with Gasteiger partial charge in [-0.3, -0.25) is 4.79 Å². The van der Waals surface area contributed by atoms with Gasteiger partial charge >= 0.3 is 5.97 Å². The SMILES string of the molecule is CCCCCCCCCCCCCC(=O)O.CCO.CCO. The Kier molecular flexibility index (Phi) is 34.1. The highest BCUT2D eigenvalue weighted by Gasteiger charge is 1.96. The molecule has 0 aromatic carbocycles. The minimum absolute atomic E-state index is 0.250. The number of rotatable bonds is 12. The van der Waals surface area contributed by atoms with Crippen molar-refractivity contribution in [1.29, 1.82) is 0 Å². The van der Waals surface area contributed by atoms with Gasteiger partial charge < -0.3 is 15.3 Å². The Balaban J connectivity index is -0.000000515. The van der Waals surface area contributed by atoms with E-state index in [0.29, 0.717) is 6.42 Å². The smallest absolute Gasteiger partial charge is 0.303 e. The fraction of sp³-hybridized carbons (Fsp3) is 0.944. The number of hydrogen-bond acceptors (Lipinski definition) is 3. The van der Waals surface area contributed by atoms with Crippen LogP contribution in [0.5, 0.6) is 0 Å². The lowest BCUT2D eigenvalue weighted by molar-refractivity contribution is -0.137. The predicted molar refractivity (Wildman–Crippen MR) is 94.2 cm³/mol. The highest BCUT2D eigenvalue weighted by molar-refractivity contribution is 5.66. The van der Waals surface area contributed by atoms with Crippen LogP contribution < -0.4 is 0 Å². The Morgan fingerprint density at radius 2 is 0.909 bits per heavy atom. The largest absolute Gasteiger partial charge is 0.481 e. The second-order valence-corrected chi connectivity index (χ2v) is 5.31. The summed E-state index contributed by atoms with van der Waals surface area (Å²) in [7, 11) is 0. The number of aliphatic carboxylic acids is 1. The number of unbranched alkanes of at least 4 members (excludes halogenated alkanes) is 10. The highest BCUT2D eigenvalue weighted by atomic mass is 16.4. The first-order chi connectivity index (χ1) is 10.6. The van der Waals surface area contributed by atoms with Crippen molar-refractivity contribution in [1.82, 2.24) is 0 Å². The number of aliphatic hydroxyl groups is 2. The second-order valence-electron chi connectivity index (χ2n) is 5.31. The molecule has 0 aromatic rings. The third-order valence-corrected chi connectivity index (χ3v) is 2.99. The van der Waals surface area contributed by atoms with E-state index in [0.717, 1.165) is 12.8 Å². The molecule has 0 bridgehead atoms. The van der Waals surface area contributed by atoms with Crippen LogP contribution in [0.15, 0.2) is 0 Å². The fourth-order valence-electron chi connectivity index (χ4n) is 1.94. The van der Waals surface area contributed by atoms with Crippen molar-refractivity contribution in [2.24, 2.45) is 0 Å². The first-order valence-corrected chi connectivity index (χ1v) is 9.04. The normalized spacial score (nSPS) is 9.32. The summed E-state index contributed by atoms with van der Waals surface area (Å²) in [5.41, 5.74) is 0. The summed E-state index contributed by atoms with van der Waals surface area (Å²) in [6.07, 6.45) is 14.4. The number of hydrogen-bond donors (Lipinski definition) is 3. The molecule has 0 aromatic heterocycles. The van der Waals surface area contributed by atoms with E-state index in [-0.39, 0.29) is 13.2 Å². The minimum atomic E-state index is -0.657. The molecule has 136 valence electrons. The Bertz CT molecular complexity index is 182. The van der Waals surface area contributed by atoms with Crippen molar-refractivity contribution in [3.05, 3.63) is 0 Å². The van der Waals surface area contributed by atoms with Crippen LogP contribution >= 0.6 is 0 Å². The van der Waals surface area contributed by atoms with Gasteiger partial charge in [-0.1, -0.05) is 71.1 Å². The van der Waals surface area contributed by atoms with Gasteiger partial charge in [-0.05, 0) is 20.3 Å². The summed E-state index contributed by atoms with van der Waals surface area (Å²) in [6.45, 7) is 6.11. The quantitative estimate of drug-likeness (QED) is 0.453. The average molecular weight is 321 g/mol. The maximum Gasteiger partial charge on any atom is 0.303 e. The van der Waals surface area contributed by atoms with Crippen molar-refractivity contribution >= 4 is 5.97 Å². The van der Waals surface area contributed by atoms with Gasteiger partial charge in [0, 0.05) is 19.6 Å². The summed E-state index contributed by atoms with van der Waals surface area (Å²) >= 11 is 0. The predicted octanol–water partition coefficient (Wildman–Crippen LogP) is 4.77. The summed E-state index contributed by atoms with van der Waals surface area (Å²) in [5.74, 6) is -0.657. The molecule has 22 heavy (non-hydrogen) atoms. The molecule has 0 unspecified atom stereocenters. The van der Waals surface area contributed by atoms with Crippen LogP contribution in [0.2, 0.25) is 0 Å². The van der Waals surface area contributed by atoms with Crippen LogP contribution in [0.25, 0.3) is 0 Å². The molecule has 3 N–H and O–H groups in total. The lowest BCUT2D eigenvalue weighted by atomic mass is 10.1. The summed E-state index contributed by atoms with van der Waals surface area (Å²) in [4.78, 5) is 10.3. The van der Waals surface area contributed by atoms with E-state index in [9.17, 15) is 4.79 Å². The lowest BCUT2D eigenvalue weighted by Gasteiger charge is -2.01. The second kappa shape index (κ2) is 28.5. The molecular formula is C18H40O4. The third-order valence-electron chi connectivity index (χ3n) is 2.99. The maximum atomic E-state index is 10.3. The zero-order valence-corrected chi connectivity index (χ0v) is 15.1. The van der Waals surface area contributed by atoms with Crippen molar-refractivity contribution in [2.75, 3.05) is 13.2 Å². The van der Waals surface area contributed by atoms with Crippen molar-refractivity contribution < 1.29 is 20.1 Å². The van der Waals surface area contributed by atoms with Gasteiger partial charge in [0.05, 0.1) is 0 Å². The van der Waals surface area contributed by atoms with Gasteiger partial charge in [-0.15, -0.1) is 0 Å². The first-order valence-electron chi connectivity index (χ1n) is 9.04. The van der Waals surface area contributed by atoms with Crippen LogP contribution in [-0.2, 0) is 4.79 Å². The molecule has 0 heterocycles. The van der Waals surface area contributed by atoms with Gasteiger partial charge in [0.1, 0.15) is 0 Å². The van der Waals surface area contributed by atoms with E-state index in [4.69, 9.17) is 15.3 Å². The highest BCUT2D eigenvalue weighted by Crippen LogP contribution is 2.11. The monoisotopic (exact) mass is 320 g/mol. The van der Waals surface area contributed by atoms with E-state index in [2.05, 4.69) is 6.92 Å². The molecule has 4 nitrogen and oxygen atoms in total. The summed E-state index contributed by atoms with van der Waals surface area (Å²) < 4.78 is 0. The molecule has 0 saturated carbocycles. The fourth-order valence-corrected chi connectivity index (χ4v) is 1.94. The van der Waals surface area contributed by atoms with E-state index >= 15 is 0 Å². The number of carbonyl (C=O) groups is 1. The van der Waals surface area contributed by atoms with Gasteiger partial charge in [-0.2, -0.15) is 0 Å². The van der Waals surface area contributed by atoms with Crippen LogP contribution in [0.1, 0.15) is 97.8 Å². The molecule has 0 amide bonds. The Labute approximate surface area is 137 Å². The number of aliphatic hydroxyl groups excluding tert-OH is 2. The lowest BCUT2D eigenvalue weighted by Crippen LogP contribution is -1.93. The maximum absolute atomic E-state index is 10.3. The van der Waals surface area contributed by atoms with Crippen LogP contribution in [0.4, 0.5) is 0 Å². The minimum Gasteiger partial charge on any atom is -0.481 e. The summed E-state index contributed by atoms with van der Waals surface area (Å²) in [5, 5.41) is 23.6. The van der Waals surface area contributed by atoms with Crippen LogP contribution in [0.3, 0.4) is 0 Å². The number of carboxylic acid groups (broad SMARTS) is 1. The molecular weight excluding hydrogens is 280 g/mol. The Morgan fingerprint density at radius 1 is 0.636 bits per heavy atom. The molecule has 0 aliphatic carbocycles. The van der Waals surface area contributed by atoms with Crippen LogP contribution in [-0.4, -0.2) is 34.5 Å². The van der Waals surface area contributed by atoms with E-state index < -0.39 is 5.97 Å². The molecule has 0 saturated heterocycles. The topological polar surface area (TPSA) is 77.8 Å². The zero-order chi connectivity index (χ0) is 17.5.